The van der Waals surface area contributed by atoms with E-state index in [0.717, 1.165) is 18.9 Å². The van der Waals surface area contributed by atoms with Crippen molar-refractivity contribution in [2.75, 3.05) is 6.61 Å². The average molecular weight is 343 g/mol. The van der Waals surface area contributed by atoms with Gasteiger partial charge in [0.2, 0.25) is 0 Å². The number of carbonyl (C=O) groups excluding carboxylic acids is 2. The van der Waals surface area contributed by atoms with Gasteiger partial charge in [0.25, 0.3) is 11.6 Å². The summed E-state index contributed by atoms with van der Waals surface area (Å²) in [5, 5.41) is 22.4. The Morgan fingerprint density at radius 3 is 2.84 bits per heavy atom. The van der Waals surface area contributed by atoms with Gasteiger partial charge in [-0.25, -0.2) is 4.79 Å². The zero-order valence-corrected chi connectivity index (χ0v) is 13.6. The molecule has 130 valence electrons. The van der Waals surface area contributed by atoms with Crippen molar-refractivity contribution in [2.24, 2.45) is 5.92 Å². The molecule has 1 amide bonds. The molecule has 0 radical (unpaired) electrons. The van der Waals surface area contributed by atoms with E-state index in [1.807, 2.05) is 0 Å². The van der Waals surface area contributed by atoms with E-state index in [4.69, 9.17) is 10.00 Å². The lowest BCUT2D eigenvalue weighted by Crippen LogP contribution is -2.48. The number of esters is 1. The van der Waals surface area contributed by atoms with Crippen LogP contribution >= 0.6 is 0 Å². The Balaban J connectivity index is 1.84. The fraction of sp³-hybridized carbons (Fsp3) is 0.353. The number of hydrogen-bond acceptors (Lipinski definition) is 6. The molecule has 1 saturated carbocycles. The topological polar surface area (TPSA) is 122 Å². The number of benzene rings is 1. The third-order valence-electron chi connectivity index (χ3n) is 3.86. The van der Waals surface area contributed by atoms with E-state index in [-0.39, 0.29) is 11.6 Å². The van der Waals surface area contributed by atoms with E-state index in [1.54, 1.807) is 13.0 Å². The van der Waals surface area contributed by atoms with Crippen molar-refractivity contribution in [1.29, 1.82) is 5.26 Å². The number of carbonyl (C=O) groups is 2. The Labute approximate surface area is 144 Å². The van der Waals surface area contributed by atoms with Gasteiger partial charge in [-0.05, 0) is 37.3 Å². The maximum atomic E-state index is 11.8. The van der Waals surface area contributed by atoms with Crippen LogP contribution in [0.1, 0.15) is 25.3 Å². The molecule has 1 aromatic rings. The first-order valence-corrected chi connectivity index (χ1v) is 7.65. The number of ether oxygens (including phenoxy) is 1. The van der Waals surface area contributed by atoms with Crippen molar-refractivity contribution in [3.8, 4) is 6.07 Å². The highest BCUT2D eigenvalue weighted by atomic mass is 16.6. The van der Waals surface area contributed by atoms with Crippen LogP contribution in [0, 0.1) is 27.4 Å². The lowest BCUT2D eigenvalue weighted by Gasteiger charge is -2.22. The molecule has 0 bridgehead atoms. The van der Waals surface area contributed by atoms with Gasteiger partial charge in [-0.3, -0.25) is 14.9 Å². The van der Waals surface area contributed by atoms with E-state index in [2.05, 4.69) is 11.4 Å². The quantitative estimate of drug-likeness (QED) is 0.349. The van der Waals surface area contributed by atoms with Crippen molar-refractivity contribution in [3.05, 3.63) is 46.0 Å². The summed E-state index contributed by atoms with van der Waals surface area (Å²) < 4.78 is 4.81. The van der Waals surface area contributed by atoms with E-state index in [9.17, 15) is 19.7 Å². The Kier molecular flexibility index (Phi) is 5.49. The molecular weight excluding hydrogens is 326 g/mol. The Hall–Kier alpha value is -3.21. The highest BCUT2D eigenvalue weighted by Gasteiger charge is 2.43. The van der Waals surface area contributed by atoms with Gasteiger partial charge in [0.15, 0.2) is 6.61 Å². The van der Waals surface area contributed by atoms with Crippen LogP contribution in [0.3, 0.4) is 0 Å². The monoisotopic (exact) mass is 343 g/mol. The molecule has 25 heavy (non-hydrogen) atoms. The number of rotatable bonds is 7. The predicted molar refractivity (Wildman–Crippen MR) is 88.0 cm³/mol. The summed E-state index contributed by atoms with van der Waals surface area (Å²) in [4.78, 5) is 33.6. The third-order valence-corrected chi connectivity index (χ3v) is 3.86. The number of nitro benzene ring substituents is 1. The largest absolute Gasteiger partial charge is 0.452 e. The molecule has 1 aromatic carbocycles. The molecule has 0 aromatic heterocycles. The number of non-ortho nitro benzene ring substituents is 1. The molecule has 8 heteroatoms. The van der Waals surface area contributed by atoms with Gasteiger partial charge in [0.05, 0.1) is 11.0 Å². The summed E-state index contributed by atoms with van der Waals surface area (Å²) in [6.45, 7) is 1.15. The van der Waals surface area contributed by atoms with Gasteiger partial charge in [0, 0.05) is 18.2 Å². The number of nitrogens with zero attached hydrogens (tertiary/aromatic N) is 2. The van der Waals surface area contributed by atoms with Crippen LogP contribution in [0.4, 0.5) is 5.69 Å². The second-order valence-corrected chi connectivity index (χ2v) is 5.93. The summed E-state index contributed by atoms with van der Waals surface area (Å²) in [5.74, 6) is -1.18. The first-order chi connectivity index (χ1) is 11.8. The standard InChI is InChI=1S/C17H17N3O5/c1-17(11-18,13-6-7-13)19-15(21)10-25-16(22)8-5-12-3-2-4-14(9-12)20(23)24/h2-5,8-9,13H,6-7,10H2,1H3,(H,19,21)/b8-5+/t17-/m1/s1. The lowest BCUT2D eigenvalue weighted by molar-refractivity contribution is -0.384. The number of hydrogen-bond donors (Lipinski definition) is 1. The smallest absolute Gasteiger partial charge is 0.331 e. The van der Waals surface area contributed by atoms with Crippen LogP contribution in [0.5, 0.6) is 0 Å². The number of nitrogens with one attached hydrogen (secondary N) is 1. The molecule has 0 heterocycles. The van der Waals surface area contributed by atoms with Gasteiger partial charge in [-0.2, -0.15) is 5.26 Å². The Bertz CT molecular complexity index is 764. The molecule has 2 rings (SSSR count). The first kappa shape index (κ1) is 18.1. The SMILES string of the molecule is C[C@](C#N)(NC(=O)COC(=O)/C=C/c1cccc([N+](=O)[O-])c1)C1CC1. The van der Waals surface area contributed by atoms with Crippen LogP contribution in [0.2, 0.25) is 0 Å². The average Bonchev–Trinajstić information content (AvgIpc) is 3.43. The lowest BCUT2D eigenvalue weighted by atomic mass is 9.98. The van der Waals surface area contributed by atoms with Crippen LogP contribution in [0.15, 0.2) is 30.3 Å². The number of nitriles is 1. The third kappa shape index (κ3) is 5.14. The highest BCUT2D eigenvalue weighted by Crippen LogP contribution is 2.39. The van der Waals surface area contributed by atoms with Crippen LogP contribution in [-0.4, -0.2) is 28.9 Å². The predicted octanol–water partition coefficient (Wildman–Crippen LogP) is 1.96. The fourth-order valence-corrected chi connectivity index (χ4v) is 2.30. The van der Waals surface area contributed by atoms with E-state index in [0.29, 0.717) is 5.56 Å². The van der Waals surface area contributed by atoms with Gasteiger partial charge in [0.1, 0.15) is 5.54 Å². The minimum atomic E-state index is -0.942. The molecule has 8 nitrogen and oxygen atoms in total. The van der Waals surface area contributed by atoms with E-state index < -0.39 is 28.9 Å². The van der Waals surface area contributed by atoms with E-state index >= 15 is 0 Å². The first-order valence-electron chi connectivity index (χ1n) is 7.65. The van der Waals surface area contributed by atoms with Crippen LogP contribution in [0.25, 0.3) is 6.08 Å². The normalized spacial score (nSPS) is 15.8. The van der Waals surface area contributed by atoms with E-state index in [1.165, 1.54) is 24.3 Å². The molecule has 0 spiro atoms. The van der Waals surface area contributed by atoms with Crippen molar-refractivity contribution in [1.82, 2.24) is 5.32 Å². The molecule has 1 atom stereocenters. The highest BCUT2D eigenvalue weighted by molar-refractivity contribution is 5.89. The maximum Gasteiger partial charge on any atom is 0.331 e. The molecule has 0 saturated heterocycles. The second kappa shape index (κ2) is 7.57. The molecule has 1 N–H and O–H groups in total. The zero-order valence-electron chi connectivity index (χ0n) is 13.6. The molecule has 0 unspecified atom stereocenters. The van der Waals surface area contributed by atoms with Crippen molar-refractivity contribution in [2.45, 2.75) is 25.3 Å². The Morgan fingerprint density at radius 2 is 2.24 bits per heavy atom. The minimum absolute atomic E-state index is 0.0919. The molecular formula is C17H17N3O5. The van der Waals surface area contributed by atoms with Gasteiger partial charge >= 0.3 is 5.97 Å². The summed E-state index contributed by atoms with van der Waals surface area (Å²) in [6, 6.07) is 7.82. The van der Waals surface area contributed by atoms with Crippen molar-refractivity contribution >= 4 is 23.6 Å². The number of amides is 1. The van der Waals surface area contributed by atoms with Crippen molar-refractivity contribution < 1.29 is 19.2 Å². The molecule has 0 aliphatic heterocycles. The molecule has 1 fully saturated rings. The number of nitro groups is 1. The van der Waals surface area contributed by atoms with Gasteiger partial charge < -0.3 is 10.1 Å². The Morgan fingerprint density at radius 1 is 1.52 bits per heavy atom. The summed E-state index contributed by atoms with van der Waals surface area (Å²) in [6.07, 6.45) is 4.21. The summed E-state index contributed by atoms with van der Waals surface area (Å²) in [7, 11) is 0. The fourth-order valence-electron chi connectivity index (χ4n) is 2.30. The van der Waals surface area contributed by atoms with Crippen LogP contribution < -0.4 is 5.32 Å². The zero-order chi connectivity index (χ0) is 18.4. The summed E-state index contributed by atoms with van der Waals surface area (Å²) >= 11 is 0. The maximum absolute atomic E-state index is 11.8. The summed E-state index contributed by atoms with van der Waals surface area (Å²) in [5.41, 5.74) is -0.574. The minimum Gasteiger partial charge on any atom is -0.452 e. The van der Waals surface area contributed by atoms with Crippen molar-refractivity contribution in [3.63, 3.8) is 0 Å². The van der Waals surface area contributed by atoms with Crippen LogP contribution in [-0.2, 0) is 14.3 Å². The van der Waals surface area contributed by atoms with Gasteiger partial charge in [-0.15, -0.1) is 0 Å². The van der Waals surface area contributed by atoms with Gasteiger partial charge in [-0.1, -0.05) is 12.1 Å². The molecule has 1 aliphatic carbocycles. The second-order valence-electron chi connectivity index (χ2n) is 5.93. The molecule has 1 aliphatic rings.